The summed E-state index contributed by atoms with van der Waals surface area (Å²) in [5.41, 5.74) is -0.896. The molecule has 0 aliphatic heterocycles. The first-order valence-electron chi connectivity index (χ1n) is 7.38. The van der Waals surface area contributed by atoms with Crippen molar-refractivity contribution in [2.24, 2.45) is 23.7 Å². The van der Waals surface area contributed by atoms with Crippen LogP contribution in [0.15, 0.2) is 0 Å². The Morgan fingerprint density at radius 2 is 1.67 bits per heavy atom. The molecule has 18 heavy (non-hydrogen) atoms. The highest BCUT2D eigenvalue weighted by Crippen LogP contribution is 2.45. The predicted octanol–water partition coefficient (Wildman–Crippen LogP) is 2.19. The van der Waals surface area contributed by atoms with Crippen LogP contribution in [-0.4, -0.2) is 34.1 Å². The summed E-state index contributed by atoms with van der Waals surface area (Å²) in [6.45, 7) is 6.65. The molecule has 0 aromatic carbocycles. The molecule has 1 fully saturated rings. The maximum absolute atomic E-state index is 10.9. The second-order valence-corrected chi connectivity index (χ2v) is 6.48. The van der Waals surface area contributed by atoms with Gasteiger partial charge < -0.3 is 15.3 Å². The maximum Gasteiger partial charge on any atom is 0.0722 e. The minimum absolute atomic E-state index is 0.00774. The molecule has 3 nitrogen and oxygen atoms in total. The molecule has 0 bridgehead atoms. The van der Waals surface area contributed by atoms with Gasteiger partial charge in [0, 0.05) is 13.2 Å². The first kappa shape index (κ1) is 15.9. The molecule has 3 heteroatoms. The van der Waals surface area contributed by atoms with E-state index in [0.29, 0.717) is 30.6 Å². The summed E-state index contributed by atoms with van der Waals surface area (Å²) in [4.78, 5) is 0. The zero-order valence-corrected chi connectivity index (χ0v) is 12.1. The van der Waals surface area contributed by atoms with E-state index in [1.807, 2.05) is 0 Å². The Balaban J connectivity index is 2.89. The fourth-order valence-electron chi connectivity index (χ4n) is 3.70. The Labute approximate surface area is 111 Å². The SMILES string of the molecule is CC1CCC(C(C)C)C(C(O)(CCO)CCO)C1. The average molecular weight is 258 g/mol. The van der Waals surface area contributed by atoms with E-state index in [0.717, 1.165) is 12.8 Å². The van der Waals surface area contributed by atoms with Gasteiger partial charge in [-0.1, -0.05) is 27.2 Å². The monoisotopic (exact) mass is 258 g/mol. The summed E-state index contributed by atoms with van der Waals surface area (Å²) in [5, 5.41) is 29.3. The Bertz CT molecular complexity index is 234. The summed E-state index contributed by atoms with van der Waals surface area (Å²) < 4.78 is 0. The first-order chi connectivity index (χ1) is 8.44. The van der Waals surface area contributed by atoms with E-state index in [2.05, 4.69) is 20.8 Å². The highest BCUT2D eigenvalue weighted by molar-refractivity contribution is 4.94. The zero-order chi connectivity index (χ0) is 13.8. The highest BCUT2D eigenvalue weighted by atomic mass is 16.3. The molecule has 3 N–H and O–H groups in total. The van der Waals surface area contributed by atoms with E-state index < -0.39 is 5.60 Å². The molecule has 1 aliphatic rings. The molecule has 1 aliphatic carbocycles. The lowest BCUT2D eigenvalue weighted by atomic mass is 9.62. The van der Waals surface area contributed by atoms with E-state index in [1.54, 1.807) is 0 Å². The standard InChI is InChI=1S/C15H30O3/c1-11(2)13-5-4-12(3)10-14(13)15(18,6-8-16)7-9-17/h11-14,16-18H,4-10H2,1-3H3. The van der Waals surface area contributed by atoms with E-state index in [1.165, 1.54) is 6.42 Å². The van der Waals surface area contributed by atoms with Crippen LogP contribution in [0.1, 0.15) is 52.9 Å². The molecule has 0 spiro atoms. The third-order valence-corrected chi connectivity index (χ3v) is 4.80. The minimum atomic E-state index is -0.896. The smallest absolute Gasteiger partial charge is 0.0722 e. The normalized spacial score (nSPS) is 29.8. The van der Waals surface area contributed by atoms with Crippen LogP contribution in [0.5, 0.6) is 0 Å². The van der Waals surface area contributed by atoms with Gasteiger partial charge in [-0.15, -0.1) is 0 Å². The summed E-state index contributed by atoms with van der Waals surface area (Å²) in [6.07, 6.45) is 4.16. The van der Waals surface area contributed by atoms with Crippen molar-refractivity contribution in [3.05, 3.63) is 0 Å². The third kappa shape index (κ3) is 3.69. The molecule has 1 saturated carbocycles. The molecule has 0 radical (unpaired) electrons. The molecule has 0 saturated heterocycles. The lowest BCUT2D eigenvalue weighted by Crippen LogP contribution is -2.47. The number of rotatable bonds is 6. The van der Waals surface area contributed by atoms with Gasteiger partial charge in [0.1, 0.15) is 0 Å². The fourth-order valence-corrected chi connectivity index (χ4v) is 3.70. The Morgan fingerprint density at radius 1 is 1.11 bits per heavy atom. The van der Waals surface area contributed by atoms with Crippen LogP contribution in [0, 0.1) is 23.7 Å². The van der Waals surface area contributed by atoms with Gasteiger partial charge >= 0.3 is 0 Å². The molecule has 0 aromatic rings. The van der Waals surface area contributed by atoms with Crippen LogP contribution >= 0.6 is 0 Å². The van der Waals surface area contributed by atoms with Crippen LogP contribution < -0.4 is 0 Å². The van der Waals surface area contributed by atoms with Gasteiger partial charge in [-0.25, -0.2) is 0 Å². The predicted molar refractivity (Wildman–Crippen MR) is 73.2 cm³/mol. The van der Waals surface area contributed by atoms with E-state index in [4.69, 9.17) is 0 Å². The quantitative estimate of drug-likeness (QED) is 0.684. The van der Waals surface area contributed by atoms with Crippen molar-refractivity contribution in [3.8, 4) is 0 Å². The van der Waals surface area contributed by atoms with E-state index >= 15 is 0 Å². The summed E-state index contributed by atoms with van der Waals surface area (Å²) >= 11 is 0. The van der Waals surface area contributed by atoms with Crippen molar-refractivity contribution >= 4 is 0 Å². The number of aliphatic hydroxyl groups is 3. The molecule has 108 valence electrons. The molecule has 3 unspecified atom stereocenters. The Kier molecular flexibility index (Phi) is 6.09. The van der Waals surface area contributed by atoms with Gasteiger partial charge in [0.25, 0.3) is 0 Å². The van der Waals surface area contributed by atoms with Crippen LogP contribution in [-0.2, 0) is 0 Å². The van der Waals surface area contributed by atoms with Crippen molar-refractivity contribution in [3.63, 3.8) is 0 Å². The Hall–Kier alpha value is -0.120. The molecule has 3 atom stereocenters. The number of hydrogen-bond donors (Lipinski definition) is 3. The fraction of sp³-hybridized carbons (Fsp3) is 1.00. The minimum Gasteiger partial charge on any atom is -0.396 e. The van der Waals surface area contributed by atoms with Gasteiger partial charge in [0.05, 0.1) is 5.60 Å². The van der Waals surface area contributed by atoms with Crippen LogP contribution in [0.25, 0.3) is 0 Å². The molecular formula is C15H30O3. The van der Waals surface area contributed by atoms with Gasteiger partial charge in [0.15, 0.2) is 0 Å². The highest BCUT2D eigenvalue weighted by Gasteiger charge is 2.43. The lowest BCUT2D eigenvalue weighted by molar-refractivity contribution is -0.0994. The number of aliphatic hydroxyl groups excluding tert-OH is 2. The van der Waals surface area contributed by atoms with Crippen molar-refractivity contribution < 1.29 is 15.3 Å². The Morgan fingerprint density at radius 3 is 2.11 bits per heavy atom. The third-order valence-electron chi connectivity index (χ3n) is 4.80. The van der Waals surface area contributed by atoms with E-state index in [-0.39, 0.29) is 19.1 Å². The lowest BCUT2D eigenvalue weighted by Gasteiger charge is -2.46. The average Bonchev–Trinajstić information content (AvgIpc) is 2.29. The molecule has 0 heterocycles. The van der Waals surface area contributed by atoms with Crippen molar-refractivity contribution in [2.45, 2.75) is 58.5 Å². The van der Waals surface area contributed by atoms with Crippen LogP contribution in [0.2, 0.25) is 0 Å². The molecule has 0 amide bonds. The van der Waals surface area contributed by atoms with Gasteiger partial charge in [0.2, 0.25) is 0 Å². The maximum atomic E-state index is 10.9. The topological polar surface area (TPSA) is 60.7 Å². The van der Waals surface area contributed by atoms with Crippen molar-refractivity contribution in [1.82, 2.24) is 0 Å². The van der Waals surface area contributed by atoms with E-state index in [9.17, 15) is 15.3 Å². The van der Waals surface area contributed by atoms with Crippen molar-refractivity contribution in [1.29, 1.82) is 0 Å². The van der Waals surface area contributed by atoms with Gasteiger partial charge in [-0.2, -0.15) is 0 Å². The second kappa shape index (κ2) is 6.88. The van der Waals surface area contributed by atoms with Crippen LogP contribution in [0.4, 0.5) is 0 Å². The number of hydrogen-bond acceptors (Lipinski definition) is 3. The zero-order valence-electron chi connectivity index (χ0n) is 12.1. The van der Waals surface area contributed by atoms with Crippen molar-refractivity contribution in [2.75, 3.05) is 13.2 Å². The molecule has 1 rings (SSSR count). The summed E-state index contributed by atoms with van der Waals surface area (Å²) in [7, 11) is 0. The summed E-state index contributed by atoms with van der Waals surface area (Å²) in [5.74, 6) is 1.89. The largest absolute Gasteiger partial charge is 0.396 e. The van der Waals surface area contributed by atoms with Gasteiger partial charge in [-0.05, 0) is 49.4 Å². The molecule has 0 aromatic heterocycles. The summed E-state index contributed by atoms with van der Waals surface area (Å²) in [6, 6.07) is 0. The van der Waals surface area contributed by atoms with Gasteiger partial charge in [-0.3, -0.25) is 0 Å². The second-order valence-electron chi connectivity index (χ2n) is 6.48. The van der Waals surface area contributed by atoms with Crippen LogP contribution in [0.3, 0.4) is 0 Å². The first-order valence-corrected chi connectivity index (χ1v) is 7.38. The molecular weight excluding hydrogens is 228 g/mol.